The number of pyridine rings is 2. The van der Waals surface area contributed by atoms with Crippen LogP contribution in [0, 0.1) is 11.6 Å². The van der Waals surface area contributed by atoms with Gasteiger partial charge in [0.05, 0.1) is 35.5 Å². The summed E-state index contributed by atoms with van der Waals surface area (Å²) in [4.78, 5) is 21.3. The number of aryl methyl sites for hydroxylation is 1. The van der Waals surface area contributed by atoms with Gasteiger partial charge in [-0.3, -0.25) is 9.78 Å². The summed E-state index contributed by atoms with van der Waals surface area (Å²) in [7, 11) is 1.90. The van der Waals surface area contributed by atoms with Crippen LogP contribution in [0.1, 0.15) is 49.7 Å². The first-order valence-electron chi connectivity index (χ1n) is 12.6. The van der Waals surface area contributed by atoms with Crippen LogP contribution in [0.2, 0.25) is 0 Å². The van der Waals surface area contributed by atoms with Crippen LogP contribution in [0.5, 0.6) is 5.75 Å². The molecule has 4 rings (SSSR count). The van der Waals surface area contributed by atoms with Crippen molar-refractivity contribution in [1.29, 1.82) is 0 Å². The Morgan fingerprint density at radius 3 is 2.58 bits per heavy atom. The Morgan fingerprint density at radius 2 is 1.97 bits per heavy atom. The molecular weight excluding hydrogens is 492 g/mol. The van der Waals surface area contributed by atoms with E-state index in [0.29, 0.717) is 18.3 Å². The SMILES string of the molecule is CCc1ccc(OC(C)C)c(F)c1-c1nc(C=O)c(N)cc1F.CNc1cnccc1N1CCC(O)CC1. The number of piperidine rings is 1. The first-order valence-corrected chi connectivity index (χ1v) is 12.6. The summed E-state index contributed by atoms with van der Waals surface area (Å²) in [6.45, 7) is 7.18. The van der Waals surface area contributed by atoms with Gasteiger partial charge in [-0.05, 0) is 50.8 Å². The second kappa shape index (κ2) is 13.1. The fourth-order valence-corrected chi connectivity index (χ4v) is 4.24. The number of aldehydes is 1. The van der Waals surface area contributed by atoms with E-state index in [4.69, 9.17) is 10.5 Å². The van der Waals surface area contributed by atoms with Crippen molar-refractivity contribution >= 4 is 23.3 Å². The molecule has 1 aliphatic heterocycles. The molecule has 0 atom stereocenters. The van der Waals surface area contributed by atoms with E-state index < -0.39 is 11.6 Å². The maximum Gasteiger partial charge on any atom is 0.174 e. The molecule has 0 spiro atoms. The van der Waals surface area contributed by atoms with Crippen LogP contribution in [0.25, 0.3) is 11.3 Å². The van der Waals surface area contributed by atoms with E-state index in [0.717, 1.165) is 37.7 Å². The Morgan fingerprint density at radius 1 is 1.26 bits per heavy atom. The van der Waals surface area contributed by atoms with E-state index in [1.807, 2.05) is 26.2 Å². The highest BCUT2D eigenvalue weighted by Gasteiger charge is 2.22. The number of hydrogen-bond donors (Lipinski definition) is 3. The topological polar surface area (TPSA) is 114 Å². The molecule has 0 radical (unpaired) electrons. The van der Waals surface area contributed by atoms with Gasteiger partial charge < -0.3 is 25.8 Å². The van der Waals surface area contributed by atoms with Crippen LogP contribution in [0.4, 0.5) is 25.8 Å². The highest BCUT2D eigenvalue weighted by Crippen LogP contribution is 2.35. The van der Waals surface area contributed by atoms with E-state index in [9.17, 15) is 18.7 Å². The lowest BCUT2D eigenvalue weighted by Gasteiger charge is -2.32. The van der Waals surface area contributed by atoms with Crippen LogP contribution in [-0.2, 0) is 6.42 Å². The van der Waals surface area contributed by atoms with Crippen molar-refractivity contribution in [2.24, 2.45) is 0 Å². The van der Waals surface area contributed by atoms with Crippen LogP contribution in [-0.4, -0.2) is 53.7 Å². The number of nitrogens with one attached hydrogen (secondary N) is 1. The molecule has 10 heteroatoms. The lowest BCUT2D eigenvalue weighted by Crippen LogP contribution is -2.36. The first-order chi connectivity index (χ1) is 18.2. The highest BCUT2D eigenvalue weighted by atomic mass is 19.1. The number of aromatic nitrogens is 2. The van der Waals surface area contributed by atoms with Gasteiger partial charge in [-0.25, -0.2) is 13.8 Å². The minimum absolute atomic E-state index is 0.00810. The number of carbonyl (C=O) groups excluding carboxylic acids is 1. The number of aliphatic hydroxyl groups excluding tert-OH is 1. The first kappa shape index (κ1) is 28.8. The Hall–Kier alpha value is -3.79. The molecule has 0 saturated carbocycles. The zero-order chi connectivity index (χ0) is 27.8. The third-order valence-electron chi connectivity index (χ3n) is 6.19. The standard InChI is InChI=1S/C17H18F2N2O2.C11H17N3O/c1-4-10-5-6-14(23-9(2)3)16(19)15(10)17-11(18)7-12(20)13(8-22)21-17;1-12-10-8-13-5-2-11(10)14-6-3-9(15)4-7-14/h5-9H,4,20H2,1-3H3;2,5,8-9,12,15H,3-4,6-7H2,1H3. The number of benzene rings is 1. The number of hydrogen-bond acceptors (Lipinski definition) is 8. The normalized spacial score (nSPS) is 13.6. The van der Waals surface area contributed by atoms with Crippen molar-refractivity contribution in [3.63, 3.8) is 0 Å². The maximum absolute atomic E-state index is 14.8. The van der Waals surface area contributed by atoms with Crippen molar-refractivity contribution in [3.05, 3.63) is 59.6 Å². The molecule has 3 heterocycles. The molecule has 0 unspecified atom stereocenters. The van der Waals surface area contributed by atoms with E-state index in [1.54, 1.807) is 26.1 Å². The number of ether oxygens (including phenoxy) is 1. The second-order valence-corrected chi connectivity index (χ2v) is 9.20. The maximum atomic E-state index is 14.8. The third-order valence-corrected chi connectivity index (χ3v) is 6.19. The van der Waals surface area contributed by atoms with Gasteiger partial charge in [-0.15, -0.1) is 0 Å². The van der Waals surface area contributed by atoms with E-state index in [1.165, 1.54) is 11.8 Å². The summed E-state index contributed by atoms with van der Waals surface area (Å²) in [6, 6.07) is 6.16. The van der Waals surface area contributed by atoms with Crippen LogP contribution in [0.3, 0.4) is 0 Å². The molecule has 0 aliphatic carbocycles. The highest BCUT2D eigenvalue weighted by molar-refractivity contribution is 5.82. The average Bonchev–Trinajstić information content (AvgIpc) is 2.91. The van der Waals surface area contributed by atoms with Crippen molar-refractivity contribution in [3.8, 4) is 17.0 Å². The molecule has 0 bridgehead atoms. The predicted octanol–water partition coefficient (Wildman–Crippen LogP) is 4.86. The molecule has 3 aromatic rings. The Bertz CT molecular complexity index is 1250. The zero-order valence-corrected chi connectivity index (χ0v) is 22.2. The molecule has 38 heavy (non-hydrogen) atoms. The van der Waals surface area contributed by atoms with E-state index >= 15 is 0 Å². The van der Waals surface area contributed by atoms with Gasteiger partial charge in [-0.2, -0.15) is 0 Å². The van der Waals surface area contributed by atoms with Crippen molar-refractivity contribution < 1.29 is 23.4 Å². The Kier molecular flexibility index (Phi) is 9.95. The van der Waals surface area contributed by atoms with Gasteiger partial charge in [0, 0.05) is 38.0 Å². The van der Waals surface area contributed by atoms with Crippen molar-refractivity contribution in [2.75, 3.05) is 36.1 Å². The molecule has 2 aromatic heterocycles. The number of anilines is 3. The van der Waals surface area contributed by atoms with E-state index in [2.05, 4.69) is 20.2 Å². The summed E-state index contributed by atoms with van der Waals surface area (Å²) >= 11 is 0. The van der Waals surface area contributed by atoms with Gasteiger partial charge in [0.15, 0.2) is 23.7 Å². The second-order valence-electron chi connectivity index (χ2n) is 9.20. The molecule has 1 fully saturated rings. The number of nitrogen functional groups attached to an aromatic ring is 1. The van der Waals surface area contributed by atoms with E-state index in [-0.39, 0.29) is 40.6 Å². The van der Waals surface area contributed by atoms with Crippen LogP contribution < -0.4 is 20.7 Å². The number of nitrogens with two attached hydrogens (primary N) is 1. The summed E-state index contributed by atoms with van der Waals surface area (Å²) in [5.41, 5.74) is 7.85. The summed E-state index contributed by atoms with van der Waals surface area (Å²) in [5, 5.41) is 12.6. The number of nitrogens with zero attached hydrogens (tertiary/aromatic N) is 3. The Balaban J connectivity index is 0.000000230. The largest absolute Gasteiger partial charge is 0.488 e. The quantitative estimate of drug-likeness (QED) is 0.374. The third kappa shape index (κ3) is 6.74. The molecular formula is C28H35F2N5O3. The van der Waals surface area contributed by atoms with Gasteiger partial charge in [-0.1, -0.05) is 13.0 Å². The number of rotatable bonds is 7. The molecule has 8 nitrogen and oxygen atoms in total. The summed E-state index contributed by atoms with van der Waals surface area (Å²) < 4.78 is 34.5. The number of aliphatic hydroxyl groups is 1. The van der Waals surface area contributed by atoms with Gasteiger partial charge in [0.25, 0.3) is 0 Å². The van der Waals surface area contributed by atoms with Crippen LogP contribution >= 0.6 is 0 Å². The molecule has 1 aliphatic rings. The zero-order valence-electron chi connectivity index (χ0n) is 22.2. The molecule has 4 N–H and O–H groups in total. The predicted molar refractivity (Wildman–Crippen MR) is 146 cm³/mol. The smallest absolute Gasteiger partial charge is 0.174 e. The fourth-order valence-electron chi connectivity index (χ4n) is 4.24. The lowest BCUT2D eigenvalue weighted by molar-refractivity contribution is 0.112. The minimum atomic E-state index is -0.789. The molecule has 1 aromatic carbocycles. The van der Waals surface area contributed by atoms with Crippen LogP contribution in [0.15, 0.2) is 36.7 Å². The summed E-state index contributed by atoms with van der Waals surface area (Å²) in [5.74, 6) is -1.48. The minimum Gasteiger partial charge on any atom is -0.488 e. The summed E-state index contributed by atoms with van der Waals surface area (Å²) in [6.07, 6.45) is 5.87. The monoisotopic (exact) mass is 527 g/mol. The van der Waals surface area contributed by atoms with Crippen molar-refractivity contribution in [2.45, 2.75) is 52.2 Å². The molecule has 1 saturated heterocycles. The lowest BCUT2D eigenvalue weighted by atomic mass is 9.99. The van der Waals surface area contributed by atoms with Crippen molar-refractivity contribution in [1.82, 2.24) is 9.97 Å². The fraction of sp³-hybridized carbons (Fsp3) is 0.393. The van der Waals surface area contributed by atoms with Gasteiger partial charge in [0.2, 0.25) is 0 Å². The van der Waals surface area contributed by atoms with Gasteiger partial charge >= 0.3 is 0 Å². The molecule has 0 amide bonds. The molecule has 204 valence electrons. The Labute approximate surface area is 221 Å². The number of carbonyl (C=O) groups is 1. The average molecular weight is 528 g/mol. The number of halogens is 2. The van der Waals surface area contributed by atoms with Gasteiger partial charge in [0.1, 0.15) is 11.4 Å².